The number of amides is 2. The SMILES string of the molecule is Cc1ccc2c(c1)CCN1C[C@H]3CCCN(C(=O)NCCc4ccccc4)[C@H]3C[C@@H]21. The Labute approximate surface area is 180 Å². The van der Waals surface area contributed by atoms with E-state index in [1.165, 1.54) is 28.7 Å². The highest BCUT2D eigenvalue weighted by Gasteiger charge is 2.43. The maximum atomic E-state index is 13.1. The fourth-order valence-electron chi connectivity index (χ4n) is 5.90. The third-order valence-corrected chi connectivity index (χ3v) is 7.41. The molecule has 0 radical (unpaired) electrons. The first kappa shape index (κ1) is 19.6. The summed E-state index contributed by atoms with van der Waals surface area (Å²) in [6, 6.07) is 18.3. The summed E-state index contributed by atoms with van der Waals surface area (Å²) in [6.07, 6.45) is 5.50. The Morgan fingerprint density at radius 2 is 2.00 bits per heavy atom. The highest BCUT2D eigenvalue weighted by Crippen LogP contribution is 2.42. The Morgan fingerprint density at radius 3 is 2.87 bits per heavy atom. The van der Waals surface area contributed by atoms with Crippen molar-refractivity contribution >= 4 is 6.03 Å². The molecule has 2 saturated heterocycles. The van der Waals surface area contributed by atoms with Crippen molar-refractivity contribution < 1.29 is 4.79 Å². The van der Waals surface area contributed by atoms with E-state index in [2.05, 4.69) is 64.5 Å². The maximum absolute atomic E-state index is 13.1. The van der Waals surface area contributed by atoms with Crippen LogP contribution in [0.15, 0.2) is 48.5 Å². The normalized spacial score (nSPS) is 25.8. The molecule has 2 amide bonds. The zero-order valence-corrected chi connectivity index (χ0v) is 18.0. The quantitative estimate of drug-likeness (QED) is 0.828. The molecule has 0 aromatic heterocycles. The van der Waals surface area contributed by atoms with Gasteiger partial charge in [0.25, 0.3) is 0 Å². The van der Waals surface area contributed by atoms with Crippen LogP contribution in [-0.2, 0) is 12.8 Å². The number of benzene rings is 2. The lowest BCUT2D eigenvalue weighted by molar-refractivity contribution is 0.00578. The fraction of sp³-hybridized carbons (Fsp3) is 0.500. The third-order valence-electron chi connectivity index (χ3n) is 7.41. The van der Waals surface area contributed by atoms with Crippen molar-refractivity contribution in [3.05, 3.63) is 70.8 Å². The Kier molecular flexibility index (Phi) is 5.51. The van der Waals surface area contributed by atoms with Crippen LogP contribution in [0.3, 0.4) is 0 Å². The van der Waals surface area contributed by atoms with Crippen LogP contribution in [0.4, 0.5) is 4.79 Å². The average Bonchev–Trinajstić information content (AvgIpc) is 2.77. The number of carbonyl (C=O) groups excluding carboxylic acids is 1. The van der Waals surface area contributed by atoms with E-state index in [0.717, 1.165) is 45.3 Å². The number of rotatable bonds is 3. The summed E-state index contributed by atoms with van der Waals surface area (Å²) in [6.45, 7) is 6.08. The first-order valence-electron chi connectivity index (χ1n) is 11.6. The van der Waals surface area contributed by atoms with E-state index in [-0.39, 0.29) is 6.03 Å². The number of nitrogens with one attached hydrogen (secondary N) is 1. The van der Waals surface area contributed by atoms with Gasteiger partial charge in [-0.3, -0.25) is 4.90 Å². The second-order valence-corrected chi connectivity index (χ2v) is 9.33. The highest BCUT2D eigenvalue weighted by atomic mass is 16.2. The third kappa shape index (κ3) is 3.85. The summed E-state index contributed by atoms with van der Waals surface area (Å²) < 4.78 is 0. The zero-order chi connectivity index (χ0) is 20.5. The van der Waals surface area contributed by atoms with E-state index in [1.54, 1.807) is 0 Å². The first-order chi connectivity index (χ1) is 14.7. The van der Waals surface area contributed by atoms with Gasteiger partial charge >= 0.3 is 6.03 Å². The van der Waals surface area contributed by atoms with Crippen molar-refractivity contribution in [3.63, 3.8) is 0 Å². The minimum atomic E-state index is 0.133. The van der Waals surface area contributed by atoms with Crippen molar-refractivity contribution in [1.29, 1.82) is 0 Å². The monoisotopic (exact) mass is 403 g/mol. The molecule has 158 valence electrons. The topological polar surface area (TPSA) is 35.6 Å². The van der Waals surface area contributed by atoms with Crippen molar-refractivity contribution in [2.24, 2.45) is 5.92 Å². The second kappa shape index (κ2) is 8.43. The Morgan fingerprint density at radius 1 is 1.13 bits per heavy atom. The molecule has 2 aromatic carbocycles. The van der Waals surface area contributed by atoms with E-state index in [9.17, 15) is 4.79 Å². The lowest BCUT2D eigenvalue weighted by Gasteiger charge is -2.52. The van der Waals surface area contributed by atoms with Gasteiger partial charge in [0.2, 0.25) is 0 Å². The lowest BCUT2D eigenvalue weighted by Crippen LogP contribution is -2.59. The Hall–Kier alpha value is -2.33. The molecule has 3 atom stereocenters. The minimum Gasteiger partial charge on any atom is -0.338 e. The molecule has 3 heterocycles. The molecular formula is C26H33N3O. The largest absolute Gasteiger partial charge is 0.338 e. The molecule has 4 nitrogen and oxygen atoms in total. The van der Waals surface area contributed by atoms with Crippen molar-refractivity contribution in [2.45, 2.75) is 51.1 Å². The molecule has 4 heteroatoms. The van der Waals surface area contributed by atoms with Gasteiger partial charge in [0.1, 0.15) is 0 Å². The first-order valence-corrected chi connectivity index (χ1v) is 11.6. The molecule has 3 aliphatic rings. The second-order valence-electron chi connectivity index (χ2n) is 9.33. The van der Waals surface area contributed by atoms with E-state index >= 15 is 0 Å². The number of fused-ring (bicyclic) bond motifs is 4. The van der Waals surface area contributed by atoms with Crippen LogP contribution in [0.5, 0.6) is 0 Å². The molecule has 1 N–H and O–H groups in total. The number of hydrogen-bond donors (Lipinski definition) is 1. The molecule has 2 aromatic rings. The Balaban J connectivity index is 1.27. The molecule has 5 rings (SSSR count). The van der Waals surface area contributed by atoms with Crippen LogP contribution >= 0.6 is 0 Å². The van der Waals surface area contributed by atoms with Gasteiger partial charge in [-0.2, -0.15) is 0 Å². The molecule has 30 heavy (non-hydrogen) atoms. The number of urea groups is 1. The number of nitrogens with zero attached hydrogens (tertiary/aromatic N) is 2. The summed E-state index contributed by atoms with van der Waals surface area (Å²) in [5.41, 5.74) is 5.65. The number of piperidine rings is 2. The zero-order valence-electron chi connectivity index (χ0n) is 18.0. The predicted octanol–water partition coefficient (Wildman–Crippen LogP) is 4.33. The van der Waals surface area contributed by atoms with Crippen LogP contribution < -0.4 is 5.32 Å². The van der Waals surface area contributed by atoms with E-state index < -0.39 is 0 Å². The van der Waals surface area contributed by atoms with Crippen LogP contribution in [0.2, 0.25) is 0 Å². The van der Waals surface area contributed by atoms with Gasteiger partial charge in [-0.25, -0.2) is 4.79 Å². The molecule has 0 bridgehead atoms. The summed E-state index contributed by atoms with van der Waals surface area (Å²) >= 11 is 0. The van der Waals surface area contributed by atoms with Crippen molar-refractivity contribution in [3.8, 4) is 0 Å². The summed E-state index contributed by atoms with van der Waals surface area (Å²) in [4.78, 5) is 18.0. The summed E-state index contributed by atoms with van der Waals surface area (Å²) in [7, 11) is 0. The number of carbonyl (C=O) groups is 1. The number of aryl methyl sites for hydroxylation is 1. The molecule has 0 spiro atoms. The van der Waals surface area contributed by atoms with Gasteiger partial charge in [-0.1, -0.05) is 54.1 Å². The van der Waals surface area contributed by atoms with E-state index in [1.807, 2.05) is 6.07 Å². The van der Waals surface area contributed by atoms with Crippen LogP contribution in [0, 0.1) is 12.8 Å². The molecule has 2 fully saturated rings. The fourth-order valence-corrected chi connectivity index (χ4v) is 5.90. The minimum absolute atomic E-state index is 0.133. The molecule has 3 aliphatic heterocycles. The van der Waals surface area contributed by atoms with Crippen LogP contribution in [0.25, 0.3) is 0 Å². The predicted molar refractivity (Wildman–Crippen MR) is 121 cm³/mol. The van der Waals surface area contributed by atoms with Gasteiger partial charge in [-0.15, -0.1) is 0 Å². The average molecular weight is 404 g/mol. The maximum Gasteiger partial charge on any atom is 0.317 e. The smallest absolute Gasteiger partial charge is 0.317 e. The van der Waals surface area contributed by atoms with Crippen LogP contribution in [-0.4, -0.2) is 48.1 Å². The van der Waals surface area contributed by atoms with Crippen molar-refractivity contribution in [2.75, 3.05) is 26.2 Å². The van der Waals surface area contributed by atoms with Crippen LogP contribution in [0.1, 0.15) is 47.6 Å². The molecule has 0 unspecified atom stereocenters. The summed E-state index contributed by atoms with van der Waals surface area (Å²) in [5, 5.41) is 3.21. The number of likely N-dealkylation sites (tertiary alicyclic amines) is 1. The van der Waals surface area contributed by atoms with Crippen molar-refractivity contribution in [1.82, 2.24) is 15.1 Å². The van der Waals surface area contributed by atoms with Gasteiger partial charge < -0.3 is 10.2 Å². The standard InChI is InChI=1S/C26H33N3O/c1-19-9-10-23-21(16-19)12-15-28-18-22-8-5-14-29(24(22)17-25(23)28)26(30)27-13-11-20-6-3-2-4-7-20/h2-4,6-7,9-10,16,22,24-25H,5,8,11-15,17-18H2,1H3,(H,27,30)/t22-,24+,25+/m1/s1. The molecular weight excluding hydrogens is 370 g/mol. The lowest BCUT2D eigenvalue weighted by atomic mass is 9.76. The molecule has 0 saturated carbocycles. The van der Waals surface area contributed by atoms with Gasteiger partial charge in [0.05, 0.1) is 0 Å². The Bertz CT molecular complexity index is 896. The number of hydrogen-bond acceptors (Lipinski definition) is 2. The van der Waals surface area contributed by atoms with E-state index in [0.29, 0.717) is 24.5 Å². The molecule has 0 aliphatic carbocycles. The van der Waals surface area contributed by atoms with Gasteiger partial charge in [-0.05, 0) is 61.6 Å². The highest BCUT2D eigenvalue weighted by molar-refractivity contribution is 5.74. The summed E-state index contributed by atoms with van der Waals surface area (Å²) in [5.74, 6) is 0.613. The van der Waals surface area contributed by atoms with Gasteiger partial charge in [0.15, 0.2) is 0 Å². The van der Waals surface area contributed by atoms with Gasteiger partial charge in [0, 0.05) is 38.3 Å². The van der Waals surface area contributed by atoms with E-state index in [4.69, 9.17) is 0 Å².